The van der Waals surface area contributed by atoms with Gasteiger partial charge in [0.2, 0.25) is 0 Å². The van der Waals surface area contributed by atoms with Crippen LogP contribution in [0.1, 0.15) is 6.42 Å². The van der Waals surface area contributed by atoms with Gasteiger partial charge in [-0.05, 0) is 19.0 Å². The molecular formula is C9H24NO2Si+. The van der Waals surface area contributed by atoms with E-state index in [2.05, 4.69) is 27.7 Å². The van der Waals surface area contributed by atoms with E-state index in [1.54, 1.807) is 14.2 Å². The fraction of sp³-hybridized carbons (Fsp3) is 1.00. The molecule has 0 atom stereocenters. The van der Waals surface area contributed by atoms with Crippen LogP contribution in [0, 0.1) is 0 Å². The van der Waals surface area contributed by atoms with Crippen LogP contribution in [0.4, 0.5) is 0 Å². The highest BCUT2D eigenvalue weighted by Crippen LogP contribution is 2.14. The van der Waals surface area contributed by atoms with E-state index in [1.165, 1.54) is 13.0 Å². The molecule has 0 aromatic heterocycles. The molecule has 0 saturated heterocycles. The number of hydrogen-bond acceptors (Lipinski definition) is 2. The molecule has 80 valence electrons. The first-order valence-electron chi connectivity index (χ1n) is 4.74. The molecule has 0 aromatic carbocycles. The molecule has 0 aliphatic rings. The maximum absolute atomic E-state index is 5.41. The summed E-state index contributed by atoms with van der Waals surface area (Å²) in [7, 11) is 8.32. The third kappa shape index (κ3) is 6.21. The lowest BCUT2D eigenvalue weighted by molar-refractivity contribution is -0.870. The van der Waals surface area contributed by atoms with Crippen molar-refractivity contribution in [2.75, 3.05) is 41.9 Å². The zero-order valence-corrected chi connectivity index (χ0v) is 10.9. The quantitative estimate of drug-likeness (QED) is 0.484. The molecule has 0 spiro atoms. The van der Waals surface area contributed by atoms with Crippen molar-refractivity contribution in [3.05, 3.63) is 0 Å². The minimum Gasteiger partial charge on any atom is -0.398 e. The van der Waals surface area contributed by atoms with Gasteiger partial charge in [0, 0.05) is 14.2 Å². The Balaban J connectivity index is 3.74. The van der Waals surface area contributed by atoms with Gasteiger partial charge in [-0.1, -0.05) is 0 Å². The highest BCUT2D eigenvalue weighted by molar-refractivity contribution is 6.65. The van der Waals surface area contributed by atoms with Gasteiger partial charge >= 0.3 is 8.56 Å². The van der Waals surface area contributed by atoms with Gasteiger partial charge in [0.15, 0.2) is 0 Å². The van der Waals surface area contributed by atoms with E-state index in [9.17, 15) is 0 Å². The normalized spacial score (nSPS) is 13.4. The highest BCUT2D eigenvalue weighted by Gasteiger charge is 2.28. The third-order valence-electron chi connectivity index (χ3n) is 2.32. The first-order valence-corrected chi connectivity index (χ1v) is 7.26. The molecule has 0 aliphatic heterocycles. The van der Waals surface area contributed by atoms with Gasteiger partial charge in [-0.15, -0.1) is 0 Å². The van der Waals surface area contributed by atoms with E-state index >= 15 is 0 Å². The molecule has 0 heterocycles. The van der Waals surface area contributed by atoms with Crippen molar-refractivity contribution < 1.29 is 13.3 Å². The maximum Gasteiger partial charge on any atom is 0.334 e. The van der Waals surface area contributed by atoms with Crippen molar-refractivity contribution in [3.63, 3.8) is 0 Å². The summed E-state index contributed by atoms with van der Waals surface area (Å²) >= 11 is 0. The first-order chi connectivity index (χ1) is 5.83. The van der Waals surface area contributed by atoms with Crippen LogP contribution in [-0.2, 0) is 8.85 Å². The summed E-state index contributed by atoms with van der Waals surface area (Å²) in [5.74, 6) is 0. The van der Waals surface area contributed by atoms with Crippen molar-refractivity contribution >= 4 is 8.56 Å². The summed E-state index contributed by atoms with van der Waals surface area (Å²) in [5, 5.41) is 0. The maximum atomic E-state index is 5.41. The Morgan fingerprint density at radius 2 is 1.54 bits per heavy atom. The molecule has 0 bridgehead atoms. The topological polar surface area (TPSA) is 18.5 Å². The van der Waals surface area contributed by atoms with Crippen molar-refractivity contribution in [1.29, 1.82) is 0 Å². The van der Waals surface area contributed by atoms with Crippen LogP contribution < -0.4 is 0 Å². The van der Waals surface area contributed by atoms with E-state index in [4.69, 9.17) is 8.85 Å². The van der Waals surface area contributed by atoms with E-state index in [0.717, 1.165) is 10.5 Å². The number of rotatable bonds is 6. The fourth-order valence-electron chi connectivity index (χ4n) is 1.16. The Morgan fingerprint density at radius 1 is 1.08 bits per heavy atom. The van der Waals surface area contributed by atoms with Gasteiger partial charge in [-0.25, -0.2) is 0 Å². The van der Waals surface area contributed by atoms with Crippen LogP contribution in [0.5, 0.6) is 0 Å². The highest BCUT2D eigenvalue weighted by atomic mass is 28.4. The molecule has 0 amide bonds. The van der Waals surface area contributed by atoms with E-state index in [0.29, 0.717) is 0 Å². The van der Waals surface area contributed by atoms with Gasteiger partial charge in [0.05, 0.1) is 27.7 Å². The molecule has 13 heavy (non-hydrogen) atoms. The molecule has 3 nitrogen and oxygen atoms in total. The number of hydrogen-bond donors (Lipinski definition) is 0. The monoisotopic (exact) mass is 206 g/mol. The number of quaternary nitrogens is 1. The van der Waals surface area contributed by atoms with Gasteiger partial charge in [-0.2, -0.15) is 0 Å². The molecule has 0 aromatic rings. The van der Waals surface area contributed by atoms with Crippen molar-refractivity contribution in [1.82, 2.24) is 0 Å². The zero-order chi connectivity index (χ0) is 10.5. The second kappa shape index (κ2) is 5.10. The summed E-state index contributed by atoms with van der Waals surface area (Å²) in [4.78, 5) is 0. The Hall–Kier alpha value is 0.0969. The second-order valence-corrected chi connectivity index (χ2v) is 8.24. The average Bonchev–Trinajstić information content (AvgIpc) is 2.02. The largest absolute Gasteiger partial charge is 0.398 e. The standard InChI is InChI=1S/C9H24NO2Si/c1-10(2,3)8-7-9-13(6,11-4)12-5/h7-9H2,1-6H3/q+1. The lowest BCUT2D eigenvalue weighted by Crippen LogP contribution is -2.39. The summed E-state index contributed by atoms with van der Waals surface area (Å²) in [6.45, 7) is 3.29. The molecular weight excluding hydrogens is 182 g/mol. The minimum atomic E-state index is -1.81. The number of nitrogens with zero attached hydrogens (tertiary/aromatic N) is 1. The van der Waals surface area contributed by atoms with Crippen LogP contribution >= 0.6 is 0 Å². The summed E-state index contributed by atoms with van der Waals surface area (Å²) in [6.07, 6.45) is 1.17. The van der Waals surface area contributed by atoms with Crippen molar-refractivity contribution in [2.24, 2.45) is 0 Å². The average molecular weight is 206 g/mol. The summed E-state index contributed by atoms with van der Waals surface area (Å²) in [6, 6.07) is 1.08. The zero-order valence-electron chi connectivity index (χ0n) is 9.89. The van der Waals surface area contributed by atoms with Gasteiger partial charge in [0.1, 0.15) is 0 Å². The van der Waals surface area contributed by atoms with Gasteiger partial charge in [0.25, 0.3) is 0 Å². The Morgan fingerprint density at radius 3 is 1.85 bits per heavy atom. The van der Waals surface area contributed by atoms with Crippen molar-refractivity contribution in [2.45, 2.75) is 19.0 Å². The predicted octanol–water partition coefficient (Wildman–Crippen LogP) is 1.45. The summed E-state index contributed by atoms with van der Waals surface area (Å²) < 4.78 is 11.8. The van der Waals surface area contributed by atoms with Crippen LogP contribution in [0.25, 0.3) is 0 Å². The molecule has 4 heteroatoms. The molecule has 0 unspecified atom stereocenters. The lowest BCUT2D eigenvalue weighted by atomic mass is 10.4. The van der Waals surface area contributed by atoms with Gasteiger partial charge < -0.3 is 13.3 Å². The van der Waals surface area contributed by atoms with Gasteiger partial charge in [-0.3, -0.25) is 0 Å². The van der Waals surface area contributed by atoms with Crippen LogP contribution in [0.3, 0.4) is 0 Å². The van der Waals surface area contributed by atoms with Crippen LogP contribution in [0.2, 0.25) is 12.6 Å². The Labute approximate surface area is 83.5 Å². The molecule has 0 radical (unpaired) electrons. The minimum absolute atomic E-state index is 1.01. The van der Waals surface area contributed by atoms with E-state index in [-0.39, 0.29) is 0 Å². The molecule has 0 saturated carbocycles. The third-order valence-corrected chi connectivity index (χ3v) is 5.31. The molecule has 0 N–H and O–H groups in total. The van der Waals surface area contributed by atoms with E-state index < -0.39 is 8.56 Å². The molecule has 0 rings (SSSR count). The Bertz CT molecular complexity index is 141. The SMILES string of the molecule is CO[Si](C)(CCC[N+](C)(C)C)OC. The fourth-order valence-corrected chi connectivity index (χ4v) is 2.54. The van der Waals surface area contributed by atoms with Crippen LogP contribution in [-0.4, -0.2) is 55.0 Å². The smallest absolute Gasteiger partial charge is 0.334 e. The van der Waals surface area contributed by atoms with Crippen LogP contribution in [0.15, 0.2) is 0 Å². The second-order valence-electron chi connectivity index (χ2n) is 4.66. The Kier molecular flexibility index (Phi) is 5.13. The molecule has 0 aliphatic carbocycles. The van der Waals surface area contributed by atoms with E-state index in [1.807, 2.05) is 0 Å². The van der Waals surface area contributed by atoms with Crippen molar-refractivity contribution in [3.8, 4) is 0 Å². The lowest BCUT2D eigenvalue weighted by Gasteiger charge is -2.27. The predicted molar refractivity (Wildman–Crippen MR) is 58.0 cm³/mol. The first kappa shape index (κ1) is 13.1. The molecule has 0 fully saturated rings. The summed E-state index contributed by atoms with van der Waals surface area (Å²) in [5.41, 5.74) is 0.